The van der Waals surface area contributed by atoms with Gasteiger partial charge in [0.15, 0.2) is 5.82 Å². The van der Waals surface area contributed by atoms with Crippen molar-refractivity contribution in [1.82, 2.24) is 10.2 Å². The highest BCUT2D eigenvalue weighted by molar-refractivity contribution is 6.18. The van der Waals surface area contributed by atoms with E-state index in [-0.39, 0.29) is 22.6 Å². The van der Waals surface area contributed by atoms with Gasteiger partial charge in [0.25, 0.3) is 0 Å². The molecule has 4 aliphatic carbocycles. The number of nitrogens with zero attached hydrogens (tertiary/aromatic N) is 2. The summed E-state index contributed by atoms with van der Waals surface area (Å²) in [7, 11) is 0. The average molecular weight is 341 g/mol. The number of aryl methyl sites for hydroxylation is 1. The van der Waals surface area contributed by atoms with E-state index in [2.05, 4.69) is 10.2 Å². The quantitative estimate of drug-likeness (QED) is 0.852. The van der Waals surface area contributed by atoms with Gasteiger partial charge in [-0.05, 0) is 83.0 Å². The van der Waals surface area contributed by atoms with Crippen LogP contribution in [0.15, 0.2) is 6.07 Å². The number of carbonyl (C=O) groups is 2. The Kier molecular flexibility index (Phi) is 3.23. The van der Waals surface area contributed by atoms with Crippen LogP contribution >= 0.6 is 0 Å². The molecule has 4 fully saturated rings. The molecule has 1 N–H and O–H groups in total. The summed E-state index contributed by atoms with van der Waals surface area (Å²) < 4.78 is 0. The first-order valence-electron chi connectivity index (χ1n) is 9.92. The molecule has 4 saturated carbocycles. The standard InChI is InChI=1S/C20H27N3O2/c1-13-10-16(22-21-13)23(17(24)19-6-2-14(11-19)3-7-19)18(25)20-8-4-15(12-20)5-9-20/h10,14-15H,2-9,11-12H2,1H3,(H,21,22). The van der Waals surface area contributed by atoms with E-state index in [4.69, 9.17) is 0 Å². The Morgan fingerprint density at radius 2 is 1.48 bits per heavy atom. The Labute approximate surface area is 148 Å². The molecule has 1 aromatic heterocycles. The van der Waals surface area contributed by atoms with Crippen molar-refractivity contribution in [2.75, 3.05) is 4.90 Å². The van der Waals surface area contributed by atoms with E-state index in [9.17, 15) is 9.59 Å². The summed E-state index contributed by atoms with van der Waals surface area (Å²) in [5, 5.41) is 7.24. The number of amides is 2. The molecule has 4 aliphatic rings. The number of fused-ring (bicyclic) bond motifs is 4. The lowest BCUT2D eigenvalue weighted by atomic mass is 9.79. The minimum atomic E-state index is -0.305. The topological polar surface area (TPSA) is 66.1 Å². The Balaban J connectivity index is 1.53. The first kappa shape index (κ1) is 15.6. The second kappa shape index (κ2) is 5.18. The monoisotopic (exact) mass is 341 g/mol. The van der Waals surface area contributed by atoms with E-state index in [0.29, 0.717) is 17.7 Å². The average Bonchev–Trinajstić information content (AvgIpc) is 3.42. The number of imide groups is 1. The molecule has 1 heterocycles. The zero-order valence-corrected chi connectivity index (χ0v) is 15.0. The van der Waals surface area contributed by atoms with Crippen molar-refractivity contribution in [2.24, 2.45) is 22.7 Å². The van der Waals surface area contributed by atoms with E-state index in [0.717, 1.165) is 69.9 Å². The van der Waals surface area contributed by atoms with Crippen molar-refractivity contribution < 1.29 is 9.59 Å². The third kappa shape index (κ3) is 2.17. The number of hydrogen-bond donors (Lipinski definition) is 1. The molecule has 0 aromatic carbocycles. The van der Waals surface area contributed by atoms with Crippen molar-refractivity contribution >= 4 is 17.6 Å². The highest BCUT2D eigenvalue weighted by atomic mass is 16.2. The lowest BCUT2D eigenvalue weighted by molar-refractivity contribution is -0.137. The molecular formula is C20H27N3O2. The lowest BCUT2D eigenvalue weighted by Crippen LogP contribution is -2.51. The van der Waals surface area contributed by atoms with Crippen LogP contribution in [0.4, 0.5) is 5.82 Å². The van der Waals surface area contributed by atoms with Crippen molar-refractivity contribution in [1.29, 1.82) is 0 Å². The largest absolute Gasteiger partial charge is 0.281 e. The number of rotatable bonds is 3. The van der Waals surface area contributed by atoms with Gasteiger partial charge in [0.2, 0.25) is 11.8 Å². The molecule has 0 atom stereocenters. The summed E-state index contributed by atoms with van der Waals surface area (Å²) in [6, 6.07) is 1.85. The van der Waals surface area contributed by atoms with Crippen molar-refractivity contribution in [3.05, 3.63) is 11.8 Å². The lowest BCUT2D eigenvalue weighted by Gasteiger charge is -2.35. The third-order valence-electron chi connectivity index (χ3n) is 7.72. The van der Waals surface area contributed by atoms with Crippen LogP contribution < -0.4 is 4.90 Å². The van der Waals surface area contributed by atoms with Gasteiger partial charge in [0.05, 0.1) is 10.8 Å². The summed E-state index contributed by atoms with van der Waals surface area (Å²) in [5.41, 5.74) is 0.281. The summed E-state index contributed by atoms with van der Waals surface area (Å²) in [4.78, 5) is 28.8. The van der Waals surface area contributed by atoms with E-state index in [1.54, 1.807) is 0 Å². The summed E-state index contributed by atoms with van der Waals surface area (Å²) >= 11 is 0. The maximum absolute atomic E-state index is 13.7. The Bertz CT molecular complexity index is 679. The van der Waals surface area contributed by atoms with Gasteiger partial charge in [-0.15, -0.1) is 0 Å². The second-order valence-electron chi connectivity index (χ2n) is 9.21. The van der Waals surface area contributed by atoms with Crippen LogP contribution in [-0.2, 0) is 9.59 Å². The molecule has 5 rings (SSSR count). The van der Waals surface area contributed by atoms with Crippen LogP contribution in [0.3, 0.4) is 0 Å². The van der Waals surface area contributed by atoms with E-state index >= 15 is 0 Å². The van der Waals surface area contributed by atoms with Gasteiger partial charge in [0, 0.05) is 11.8 Å². The third-order valence-corrected chi connectivity index (χ3v) is 7.72. The van der Waals surface area contributed by atoms with E-state index in [1.165, 1.54) is 4.90 Å². The molecule has 1 aromatic rings. The van der Waals surface area contributed by atoms with E-state index in [1.807, 2.05) is 13.0 Å². The van der Waals surface area contributed by atoms with Gasteiger partial charge in [-0.3, -0.25) is 14.7 Å². The summed E-state index contributed by atoms with van der Waals surface area (Å²) in [5.74, 6) is 1.95. The van der Waals surface area contributed by atoms with Crippen molar-refractivity contribution in [3.8, 4) is 0 Å². The highest BCUT2D eigenvalue weighted by Crippen LogP contribution is 2.58. The van der Waals surface area contributed by atoms with Gasteiger partial charge in [-0.2, -0.15) is 5.10 Å². The van der Waals surface area contributed by atoms with Gasteiger partial charge in [-0.25, -0.2) is 4.90 Å². The zero-order chi connectivity index (χ0) is 17.2. The molecule has 0 unspecified atom stereocenters. The molecule has 5 heteroatoms. The summed E-state index contributed by atoms with van der Waals surface area (Å²) in [6.07, 6.45) is 10.3. The van der Waals surface area contributed by atoms with Crippen LogP contribution in [-0.4, -0.2) is 22.0 Å². The maximum Gasteiger partial charge on any atom is 0.241 e. The Morgan fingerprint density at radius 1 is 1.00 bits per heavy atom. The SMILES string of the molecule is Cc1cc(N(C(=O)C23CCC(CC2)C3)C(=O)C23CCC(CC2)C3)n[nH]1. The predicted molar refractivity (Wildman–Crippen MR) is 93.8 cm³/mol. The normalized spacial score (nSPS) is 38.4. The van der Waals surface area contributed by atoms with Gasteiger partial charge in [0.1, 0.15) is 0 Å². The number of aromatic nitrogens is 2. The molecule has 2 amide bonds. The molecule has 4 bridgehead atoms. The zero-order valence-electron chi connectivity index (χ0n) is 15.0. The molecule has 0 aliphatic heterocycles. The number of hydrogen-bond acceptors (Lipinski definition) is 3. The molecule has 25 heavy (non-hydrogen) atoms. The number of anilines is 1. The number of H-pyrrole nitrogens is 1. The smallest absolute Gasteiger partial charge is 0.241 e. The highest BCUT2D eigenvalue weighted by Gasteiger charge is 2.57. The van der Waals surface area contributed by atoms with Crippen LogP contribution in [0.25, 0.3) is 0 Å². The number of nitrogens with one attached hydrogen (secondary N) is 1. The van der Waals surface area contributed by atoms with Crippen LogP contribution in [0.2, 0.25) is 0 Å². The molecular weight excluding hydrogens is 314 g/mol. The summed E-state index contributed by atoms with van der Waals surface area (Å²) in [6.45, 7) is 1.92. The Hall–Kier alpha value is -1.65. The fraction of sp³-hybridized carbons (Fsp3) is 0.750. The first-order valence-corrected chi connectivity index (χ1v) is 9.92. The molecule has 0 spiro atoms. The number of aromatic amines is 1. The number of carbonyl (C=O) groups excluding carboxylic acids is 2. The molecule has 5 nitrogen and oxygen atoms in total. The van der Waals surface area contributed by atoms with Crippen LogP contribution in [0.5, 0.6) is 0 Å². The van der Waals surface area contributed by atoms with Gasteiger partial charge >= 0.3 is 0 Å². The van der Waals surface area contributed by atoms with Crippen molar-refractivity contribution in [3.63, 3.8) is 0 Å². The van der Waals surface area contributed by atoms with Gasteiger partial charge in [-0.1, -0.05) is 0 Å². The van der Waals surface area contributed by atoms with Crippen molar-refractivity contribution in [2.45, 2.75) is 71.1 Å². The fourth-order valence-corrected chi connectivity index (χ4v) is 6.28. The van der Waals surface area contributed by atoms with Gasteiger partial charge < -0.3 is 0 Å². The fourth-order valence-electron chi connectivity index (χ4n) is 6.28. The minimum Gasteiger partial charge on any atom is -0.281 e. The van der Waals surface area contributed by atoms with E-state index < -0.39 is 0 Å². The molecule has 134 valence electrons. The molecule has 0 saturated heterocycles. The maximum atomic E-state index is 13.7. The predicted octanol–water partition coefficient (Wildman–Crippen LogP) is 3.74. The second-order valence-corrected chi connectivity index (χ2v) is 9.21. The Morgan fingerprint density at radius 3 is 1.80 bits per heavy atom. The molecule has 0 radical (unpaired) electrons. The first-order chi connectivity index (χ1) is 12.0. The van der Waals surface area contributed by atoms with Crippen LogP contribution in [0.1, 0.15) is 69.9 Å². The van der Waals surface area contributed by atoms with Crippen LogP contribution in [0, 0.1) is 29.6 Å². The minimum absolute atomic E-state index is 0.0359.